The number of amides is 1. The quantitative estimate of drug-likeness (QED) is 0.778. The Bertz CT molecular complexity index is 549. The van der Waals surface area contributed by atoms with Gasteiger partial charge in [0.15, 0.2) is 6.10 Å². The summed E-state index contributed by atoms with van der Waals surface area (Å²) in [5.41, 5.74) is 0.992. The van der Waals surface area contributed by atoms with Crippen LogP contribution in [-0.4, -0.2) is 41.4 Å². The first kappa shape index (κ1) is 13.6. The summed E-state index contributed by atoms with van der Waals surface area (Å²) in [6.45, 7) is 1.55. The van der Waals surface area contributed by atoms with Crippen LogP contribution in [0.1, 0.15) is 5.56 Å². The molecule has 20 heavy (non-hydrogen) atoms. The van der Waals surface area contributed by atoms with Crippen LogP contribution in [-0.2, 0) is 16.2 Å². The van der Waals surface area contributed by atoms with Gasteiger partial charge in [0.1, 0.15) is 30.2 Å². The normalized spacial score (nSPS) is 31.4. The van der Waals surface area contributed by atoms with E-state index in [1.54, 1.807) is 0 Å². The number of rotatable bonds is 2. The van der Waals surface area contributed by atoms with Crippen LogP contribution >= 0.6 is 15.9 Å². The number of ether oxygens (including phenoxy) is 1. The molecule has 1 aromatic rings. The van der Waals surface area contributed by atoms with Gasteiger partial charge in [0.05, 0.1) is 7.05 Å². The molecule has 0 spiro atoms. The maximum atomic E-state index is 12.3. The van der Waals surface area contributed by atoms with Crippen LogP contribution in [0, 0.1) is 5.92 Å². The maximum absolute atomic E-state index is 12.3. The third-order valence-electron chi connectivity index (χ3n) is 3.86. The molecule has 1 fully saturated rings. The Kier molecular flexibility index (Phi) is 3.52. The van der Waals surface area contributed by atoms with Crippen molar-refractivity contribution < 1.29 is 18.9 Å². The Morgan fingerprint density at radius 2 is 2.20 bits per heavy atom. The highest BCUT2D eigenvalue weighted by molar-refractivity contribution is 9.18. The predicted molar refractivity (Wildman–Crippen MR) is 77.3 cm³/mol. The van der Waals surface area contributed by atoms with Crippen molar-refractivity contribution in [1.29, 1.82) is 0 Å². The number of benzene rings is 1. The molecule has 5 nitrogen and oxygen atoms in total. The van der Waals surface area contributed by atoms with E-state index < -0.39 is 0 Å². The van der Waals surface area contributed by atoms with E-state index >= 15 is 0 Å². The van der Waals surface area contributed by atoms with Crippen LogP contribution in [0.5, 0.6) is 0 Å². The molecule has 2 aliphatic rings. The Labute approximate surface area is 125 Å². The summed E-state index contributed by atoms with van der Waals surface area (Å²) in [5, 5.41) is 3.91. The molecule has 2 heterocycles. The molecule has 2 aliphatic heterocycles. The first-order chi connectivity index (χ1) is 9.58. The first-order valence-corrected chi connectivity index (χ1v) is 7.33. The lowest BCUT2D eigenvalue weighted by Crippen LogP contribution is -2.48. The van der Waals surface area contributed by atoms with Gasteiger partial charge in [0.25, 0.3) is 0 Å². The number of hydrogen-bond donors (Lipinski definition) is 0. The maximum Gasteiger partial charge on any atom is 0.516 e. The average molecular weight is 340 g/mol. The monoisotopic (exact) mass is 339 g/mol. The Balaban J connectivity index is 1.62. The minimum absolute atomic E-state index is 0.0290. The highest BCUT2D eigenvalue weighted by atomic mass is 79.9. The van der Waals surface area contributed by atoms with Gasteiger partial charge in [0.2, 0.25) is 0 Å². The summed E-state index contributed by atoms with van der Waals surface area (Å²) in [5.74, 6) is 0.157. The van der Waals surface area contributed by atoms with Gasteiger partial charge in [-0.3, -0.25) is 0 Å². The number of likely N-dealkylation sites (tertiary alicyclic amines) is 1. The second-order valence-electron chi connectivity index (χ2n) is 5.47. The number of nitrogens with zero attached hydrogens (tertiary/aromatic N) is 2. The van der Waals surface area contributed by atoms with Crippen molar-refractivity contribution in [3.63, 3.8) is 0 Å². The average Bonchev–Trinajstić information content (AvgIpc) is 2.97. The summed E-state index contributed by atoms with van der Waals surface area (Å²) >= 11 is 3.38. The molecular weight excluding hydrogens is 324 g/mol. The van der Waals surface area contributed by atoms with E-state index in [0.717, 1.165) is 10.2 Å². The smallest absolute Gasteiger partial charge is 0.415 e. The lowest BCUT2D eigenvalue weighted by molar-refractivity contribution is -0.827. The predicted octanol–water partition coefficient (Wildman–Crippen LogP) is 2.51. The molecular formula is C14H16BrN2O3+. The first-order valence-electron chi connectivity index (χ1n) is 6.53. The highest BCUT2D eigenvalue weighted by Crippen LogP contribution is 2.33. The largest absolute Gasteiger partial charge is 0.516 e. The van der Waals surface area contributed by atoms with E-state index in [-0.39, 0.29) is 22.6 Å². The molecule has 1 saturated heterocycles. The third-order valence-corrected chi connectivity index (χ3v) is 4.59. The van der Waals surface area contributed by atoms with E-state index in [4.69, 9.17) is 9.57 Å². The number of carbonyl (C=O) groups is 1. The van der Waals surface area contributed by atoms with Gasteiger partial charge >= 0.3 is 6.09 Å². The summed E-state index contributed by atoms with van der Waals surface area (Å²) < 4.78 is 6.46. The number of halogens is 1. The fourth-order valence-electron chi connectivity index (χ4n) is 2.70. The van der Waals surface area contributed by atoms with E-state index in [1.165, 1.54) is 0 Å². The lowest BCUT2D eigenvalue weighted by atomic mass is 10.1. The highest BCUT2D eigenvalue weighted by Gasteiger charge is 2.54. The molecule has 0 radical (unpaired) electrons. The molecule has 0 aromatic heterocycles. The van der Waals surface area contributed by atoms with Gasteiger partial charge in [-0.1, -0.05) is 35.5 Å². The van der Waals surface area contributed by atoms with Crippen molar-refractivity contribution in [2.75, 3.05) is 20.1 Å². The number of oxime groups is 1. The molecule has 6 heteroatoms. The molecule has 3 atom stereocenters. The van der Waals surface area contributed by atoms with E-state index in [9.17, 15) is 4.79 Å². The summed E-state index contributed by atoms with van der Waals surface area (Å²) in [7, 11) is 1.88. The van der Waals surface area contributed by atoms with Gasteiger partial charge < -0.3 is 9.57 Å². The topological polar surface area (TPSA) is 47.9 Å². The van der Waals surface area contributed by atoms with Crippen LogP contribution in [0.15, 0.2) is 35.5 Å². The summed E-state index contributed by atoms with van der Waals surface area (Å²) in [4.78, 5) is 17.6. The summed E-state index contributed by atoms with van der Waals surface area (Å²) in [6, 6.07) is 9.69. The standard InChI is InChI=1S/C14H16BrN2O3/c1-17(7-11-12(8-17)20-16-13(11)15)14(18)19-9-10-5-3-2-4-6-10/h2-6,11-12H,7-9H2,1H3/q+1/t11-,12+,17?/m0/s1. The van der Waals surface area contributed by atoms with Crippen molar-refractivity contribution in [2.45, 2.75) is 12.7 Å². The van der Waals surface area contributed by atoms with Crippen LogP contribution < -0.4 is 0 Å². The van der Waals surface area contributed by atoms with E-state index in [1.807, 2.05) is 37.4 Å². The Morgan fingerprint density at radius 3 is 2.90 bits per heavy atom. The van der Waals surface area contributed by atoms with Crippen LogP contribution in [0.3, 0.4) is 0 Å². The zero-order valence-electron chi connectivity index (χ0n) is 11.2. The molecule has 3 rings (SSSR count). The fourth-order valence-corrected chi connectivity index (χ4v) is 3.22. The van der Waals surface area contributed by atoms with E-state index in [2.05, 4.69) is 21.1 Å². The van der Waals surface area contributed by atoms with Gasteiger partial charge in [-0.05, 0) is 21.5 Å². The number of carbonyl (C=O) groups excluding carboxylic acids is 1. The van der Waals surface area contributed by atoms with Crippen molar-refractivity contribution in [3.05, 3.63) is 35.9 Å². The lowest BCUT2D eigenvalue weighted by Gasteiger charge is -2.25. The number of hydrogen-bond acceptors (Lipinski definition) is 4. The zero-order chi connectivity index (χ0) is 14.2. The Hall–Kier alpha value is -1.40. The molecule has 0 aliphatic carbocycles. The number of likely N-dealkylation sites (N-methyl/N-ethyl adjacent to an activating group) is 1. The van der Waals surface area contributed by atoms with E-state index in [0.29, 0.717) is 19.7 Å². The van der Waals surface area contributed by atoms with Crippen LogP contribution in [0.4, 0.5) is 4.79 Å². The zero-order valence-corrected chi connectivity index (χ0v) is 12.7. The van der Waals surface area contributed by atoms with Crippen molar-refractivity contribution in [1.82, 2.24) is 0 Å². The second-order valence-corrected chi connectivity index (χ2v) is 6.28. The Morgan fingerprint density at radius 1 is 1.45 bits per heavy atom. The molecule has 106 valence electrons. The van der Waals surface area contributed by atoms with Crippen molar-refractivity contribution in [3.8, 4) is 0 Å². The molecule has 0 N–H and O–H groups in total. The molecule has 0 saturated carbocycles. The van der Waals surface area contributed by atoms with Gasteiger partial charge in [-0.25, -0.2) is 4.48 Å². The fraction of sp³-hybridized carbons (Fsp3) is 0.429. The van der Waals surface area contributed by atoms with Crippen LogP contribution in [0.2, 0.25) is 0 Å². The SMILES string of the molecule is C[N+]1(C(=O)OCc2ccccc2)C[C@@H]2C(Br)=NO[C@@H]2C1. The van der Waals surface area contributed by atoms with Gasteiger partial charge in [-0.2, -0.15) is 4.79 Å². The minimum Gasteiger partial charge on any atom is -0.415 e. The third kappa shape index (κ3) is 2.45. The van der Waals surface area contributed by atoms with Crippen LogP contribution in [0.25, 0.3) is 0 Å². The molecule has 0 bridgehead atoms. The van der Waals surface area contributed by atoms with Gasteiger partial charge in [-0.15, -0.1) is 0 Å². The number of fused-ring (bicyclic) bond motifs is 1. The van der Waals surface area contributed by atoms with Crippen molar-refractivity contribution in [2.24, 2.45) is 11.1 Å². The molecule has 1 unspecified atom stereocenters. The molecule has 1 aromatic carbocycles. The second kappa shape index (κ2) is 5.18. The minimum atomic E-state index is -0.216. The summed E-state index contributed by atoms with van der Waals surface area (Å²) in [6.07, 6.45) is -0.245. The number of quaternary nitrogens is 1. The molecule has 1 amide bonds. The van der Waals surface area contributed by atoms with Crippen molar-refractivity contribution >= 4 is 26.6 Å². The van der Waals surface area contributed by atoms with Gasteiger partial charge in [0, 0.05) is 0 Å².